The Hall–Kier alpha value is -1.87. The molecule has 20 heavy (non-hydrogen) atoms. The highest BCUT2D eigenvalue weighted by Crippen LogP contribution is 2.29. The summed E-state index contributed by atoms with van der Waals surface area (Å²) in [5, 5.41) is 5.51. The Kier molecular flexibility index (Phi) is 3.70. The van der Waals surface area contributed by atoms with Crippen LogP contribution in [0.4, 0.5) is 0 Å². The molecule has 0 saturated carbocycles. The van der Waals surface area contributed by atoms with Crippen molar-refractivity contribution in [3.05, 3.63) is 71.9 Å². The summed E-state index contributed by atoms with van der Waals surface area (Å²) in [6.07, 6.45) is 0. The lowest BCUT2D eigenvalue weighted by atomic mass is 10.1. The molecule has 2 nitrogen and oxygen atoms in total. The standard InChI is InChI=1S/C17H15BrN2/c1-13-16(12-18)19-20(15-10-6-3-7-11-15)17(13)14-8-4-2-5-9-14/h2-11H,12H2,1H3. The summed E-state index contributed by atoms with van der Waals surface area (Å²) >= 11 is 3.53. The maximum atomic E-state index is 4.74. The molecule has 3 rings (SSSR count). The molecule has 0 saturated heterocycles. The van der Waals surface area contributed by atoms with Gasteiger partial charge in [-0.15, -0.1) is 0 Å². The molecule has 1 heterocycles. The quantitative estimate of drug-likeness (QED) is 0.635. The van der Waals surface area contributed by atoms with Gasteiger partial charge in [-0.25, -0.2) is 4.68 Å². The van der Waals surface area contributed by atoms with Gasteiger partial charge in [-0.1, -0.05) is 64.5 Å². The van der Waals surface area contributed by atoms with E-state index in [1.807, 2.05) is 28.9 Å². The van der Waals surface area contributed by atoms with E-state index < -0.39 is 0 Å². The predicted octanol–water partition coefficient (Wildman–Crippen LogP) is 4.74. The van der Waals surface area contributed by atoms with Gasteiger partial charge >= 0.3 is 0 Å². The zero-order chi connectivity index (χ0) is 13.9. The van der Waals surface area contributed by atoms with Gasteiger partial charge in [0.25, 0.3) is 0 Å². The van der Waals surface area contributed by atoms with E-state index in [9.17, 15) is 0 Å². The average Bonchev–Trinajstić information content (AvgIpc) is 2.86. The molecule has 3 aromatic rings. The number of rotatable bonds is 3. The summed E-state index contributed by atoms with van der Waals surface area (Å²) < 4.78 is 2.03. The van der Waals surface area contributed by atoms with E-state index in [0.29, 0.717) is 0 Å². The molecule has 0 fully saturated rings. The molecular formula is C17H15BrN2. The van der Waals surface area contributed by atoms with Gasteiger partial charge in [-0.05, 0) is 24.6 Å². The molecule has 0 aliphatic carbocycles. The third-order valence-corrected chi connectivity index (χ3v) is 3.93. The Morgan fingerprint density at radius 2 is 1.55 bits per heavy atom. The van der Waals surface area contributed by atoms with Gasteiger partial charge in [-0.2, -0.15) is 5.10 Å². The molecule has 0 aliphatic heterocycles. The number of halogens is 1. The van der Waals surface area contributed by atoms with Crippen LogP contribution < -0.4 is 0 Å². The first kappa shape index (κ1) is 13.1. The molecule has 0 spiro atoms. The van der Waals surface area contributed by atoms with E-state index in [4.69, 9.17) is 5.10 Å². The fourth-order valence-electron chi connectivity index (χ4n) is 2.36. The largest absolute Gasteiger partial charge is 0.233 e. The van der Waals surface area contributed by atoms with Crippen molar-refractivity contribution in [2.75, 3.05) is 0 Å². The van der Waals surface area contributed by atoms with E-state index in [1.54, 1.807) is 0 Å². The zero-order valence-electron chi connectivity index (χ0n) is 11.3. The summed E-state index contributed by atoms with van der Waals surface area (Å²) in [5.74, 6) is 0. The summed E-state index contributed by atoms with van der Waals surface area (Å²) in [7, 11) is 0. The fraction of sp³-hybridized carbons (Fsp3) is 0.118. The van der Waals surface area contributed by atoms with Gasteiger partial charge in [0.15, 0.2) is 0 Å². The van der Waals surface area contributed by atoms with Gasteiger partial charge in [0.05, 0.1) is 17.1 Å². The molecule has 0 atom stereocenters. The summed E-state index contributed by atoms with van der Waals surface area (Å²) in [4.78, 5) is 0. The van der Waals surface area contributed by atoms with Crippen LogP contribution in [0, 0.1) is 6.92 Å². The first-order valence-electron chi connectivity index (χ1n) is 6.56. The number of para-hydroxylation sites is 1. The molecule has 2 aromatic carbocycles. The third kappa shape index (κ3) is 2.29. The van der Waals surface area contributed by atoms with Crippen molar-refractivity contribution >= 4 is 15.9 Å². The summed E-state index contributed by atoms with van der Waals surface area (Å²) in [6, 6.07) is 20.7. The third-order valence-electron chi connectivity index (χ3n) is 3.40. The SMILES string of the molecule is Cc1c(CBr)nn(-c2ccccc2)c1-c1ccccc1. The van der Waals surface area contributed by atoms with Crippen LogP contribution in [0.25, 0.3) is 16.9 Å². The van der Waals surface area contributed by atoms with Crippen molar-refractivity contribution in [2.24, 2.45) is 0 Å². The maximum Gasteiger partial charge on any atom is 0.0773 e. The smallest absolute Gasteiger partial charge is 0.0773 e. The molecule has 0 aliphatic rings. The van der Waals surface area contributed by atoms with Crippen molar-refractivity contribution in [3.8, 4) is 16.9 Å². The van der Waals surface area contributed by atoms with Gasteiger partial charge in [0.2, 0.25) is 0 Å². The molecule has 100 valence electrons. The van der Waals surface area contributed by atoms with Crippen LogP contribution in [0.1, 0.15) is 11.3 Å². The second-order valence-corrected chi connectivity index (χ2v) is 5.23. The van der Waals surface area contributed by atoms with Crippen molar-refractivity contribution < 1.29 is 0 Å². The maximum absolute atomic E-state index is 4.74. The molecule has 1 aromatic heterocycles. The van der Waals surface area contributed by atoms with Gasteiger partial charge in [0.1, 0.15) is 0 Å². The lowest BCUT2D eigenvalue weighted by Gasteiger charge is -2.08. The van der Waals surface area contributed by atoms with Gasteiger partial charge in [-0.3, -0.25) is 0 Å². The first-order chi connectivity index (χ1) is 9.81. The van der Waals surface area contributed by atoms with Crippen LogP contribution in [0.15, 0.2) is 60.7 Å². The molecule has 0 bridgehead atoms. The Labute approximate surface area is 127 Å². The number of alkyl halides is 1. The molecule has 3 heteroatoms. The van der Waals surface area contributed by atoms with Crippen molar-refractivity contribution in [1.82, 2.24) is 9.78 Å². The van der Waals surface area contributed by atoms with Crippen LogP contribution in [-0.4, -0.2) is 9.78 Å². The van der Waals surface area contributed by atoms with E-state index in [1.165, 1.54) is 11.1 Å². The van der Waals surface area contributed by atoms with Crippen molar-refractivity contribution in [3.63, 3.8) is 0 Å². The molecule has 0 amide bonds. The Bertz CT molecular complexity index is 703. The van der Waals surface area contributed by atoms with E-state index >= 15 is 0 Å². The average molecular weight is 327 g/mol. The van der Waals surface area contributed by atoms with E-state index in [-0.39, 0.29) is 0 Å². The molecular weight excluding hydrogens is 312 g/mol. The van der Waals surface area contributed by atoms with Crippen LogP contribution in [0.5, 0.6) is 0 Å². The highest BCUT2D eigenvalue weighted by molar-refractivity contribution is 9.08. The van der Waals surface area contributed by atoms with Crippen LogP contribution >= 0.6 is 15.9 Å². The number of nitrogens with zero attached hydrogens (tertiary/aromatic N) is 2. The number of aromatic nitrogens is 2. The number of hydrogen-bond acceptors (Lipinski definition) is 1. The molecule has 0 N–H and O–H groups in total. The van der Waals surface area contributed by atoms with Crippen LogP contribution in [-0.2, 0) is 5.33 Å². The van der Waals surface area contributed by atoms with E-state index in [2.05, 4.69) is 59.3 Å². The minimum Gasteiger partial charge on any atom is -0.233 e. The predicted molar refractivity (Wildman–Crippen MR) is 86.4 cm³/mol. The normalized spacial score (nSPS) is 10.7. The second kappa shape index (κ2) is 5.63. The molecule has 0 radical (unpaired) electrons. The fourth-order valence-corrected chi connectivity index (χ4v) is 2.89. The van der Waals surface area contributed by atoms with Crippen LogP contribution in [0.2, 0.25) is 0 Å². The topological polar surface area (TPSA) is 17.8 Å². The van der Waals surface area contributed by atoms with E-state index in [0.717, 1.165) is 22.4 Å². The number of hydrogen-bond donors (Lipinski definition) is 0. The number of benzene rings is 2. The Balaban J connectivity index is 2.25. The Morgan fingerprint density at radius 3 is 2.15 bits per heavy atom. The van der Waals surface area contributed by atoms with Crippen molar-refractivity contribution in [2.45, 2.75) is 12.3 Å². The van der Waals surface area contributed by atoms with Gasteiger partial charge in [0, 0.05) is 10.9 Å². The first-order valence-corrected chi connectivity index (χ1v) is 7.68. The minimum atomic E-state index is 0.762. The lowest BCUT2D eigenvalue weighted by Crippen LogP contribution is -1.99. The Morgan fingerprint density at radius 1 is 0.950 bits per heavy atom. The highest BCUT2D eigenvalue weighted by Gasteiger charge is 2.16. The zero-order valence-corrected chi connectivity index (χ0v) is 12.8. The van der Waals surface area contributed by atoms with Crippen LogP contribution in [0.3, 0.4) is 0 Å². The van der Waals surface area contributed by atoms with Gasteiger partial charge < -0.3 is 0 Å². The summed E-state index contributed by atoms with van der Waals surface area (Å²) in [6.45, 7) is 2.13. The minimum absolute atomic E-state index is 0.762. The second-order valence-electron chi connectivity index (χ2n) is 4.67. The molecule has 0 unspecified atom stereocenters. The van der Waals surface area contributed by atoms with Crippen molar-refractivity contribution in [1.29, 1.82) is 0 Å². The summed E-state index contributed by atoms with van der Waals surface area (Å²) in [5.41, 5.74) is 5.73. The highest BCUT2D eigenvalue weighted by atomic mass is 79.9. The lowest BCUT2D eigenvalue weighted by molar-refractivity contribution is 0.867. The monoisotopic (exact) mass is 326 g/mol.